The van der Waals surface area contributed by atoms with E-state index in [1.807, 2.05) is 0 Å². The van der Waals surface area contributed by atoms with Gasteiger partial charge in [0, 0.05) is 36.1 Å². The number of hydrogen-bond donors (Lipinski definition) is 2. The lowest BCUT2D eigenvalue weighted by Gasteiger charge is -2.13. The topological polar surface area (TPSA) is 106 Å². The highest BCUT2D eigenvalue weighted by molar-refractivity contribution is 5.76. The van der Waals surface area contributed by atoms with Crippen LogP contribution in [0.25, 0.3) is 11.3 Å². The molecule has 0 unspecified atom stereocenters. The summed E-state index contributed by atoms with van der Waals surface area (Å²) in [6.07, 6.45) is 3.03. The zero-order valence-electron chi connectivity index (χ0n) is 21.1. The highest BCUT2D eigenvalue weighted by Crippen LogP contribution is 2.31. The highest BCUT2D eigenvalue weighted by Gasteiger charge is 2.16. The summed E-state index contributed by atoms with van der Waals surface area (Å²) >= 11 is 0. The van der Waals surface area contributed by atoms with E-state index in [0.29, 0.717) is 32.9 Å². The van der Waals surface area contributed by atoms with Crippen LogP contribution in [0.5, 0.6) is 11.6 Å². The summed E-state index contributed by atoms with van der Waals surface area (Å²) in [5.41, 5.74) is 1.99. The first kappa shape index (κ1) is 35.0. The van der Waals surface area contributed by atoms with Crippen LogP contribution in [-0.2, 0) is 17.8 Å². The van der Waals surface area contributed by atoms with Gasteiger partial charge in [-0.3, -0.25) is 22.9 Å². The number of pyridine rings is 3. The molecule has 0 saturated carbocycles. The van der Waals surface area contributed by atoms with Gasteiger partial charge < -0.3 is 19.9 Å². The summed E-state index contributed by atoms with van der Waals surface area (Å²) in [6, 6.07) is 8.78. The lowest BCUT2D eigenvalue weighted by atomic mass is 10.1. The van der Waals surface area contributed by atoms with Crippen molar-refractivity contribution in [1.29, 1.82) is 0 Å². The maximum absolute atomic E-state index is 12.9. The van der Waals surface area contributed by atoms with Crippen LogP contribution in [0.15, 0.2) is 48.8 Å². The van der Waals surface area contributed by atoms with Crippen molar-refractivity contribution in [2.24, 2.45) is 0 Å². The Morgan fingerprint density at radius 1 is 0.897 bits per heavy atom. The summed E-state index contributed by atoms with van der Waals surface area (Å²) in [4.78, 5) is 23.3. The number of aliphatic hydroxyl groups is 1. The van der Waals surface area contributed by atoms with Crippen molar-refractivity contribution in [2.75, 3.05) is 28.1 Å². The van der Waals surface area contributed by atoms with Crippen molar-refractivity contribution in [3.05, 3.63) is 65.7 Å². The normalized spacial score (nSPS) is 9.77. The summed E-state index contributed by atoms with van der Waals surface area (Å²) in [7, 11) is 1.50. The number of rotatable bonds is 10. The van der Waals surface area contributed by atoms with Gasteiger partial charge in [-0.05, 0) is 29.8 Å². The van der Waals surface area contributed by atoms with Crippen molar-refractivity contribution in [1.82, 2.24) is 20.3 Å². The molecule has 3 aromatic heterocycles. The van der Waals surface area contributed by atoms with Crippen LogP contribution < -0.4 is 14.8 Å². The fourth-order valence-electron chi connectivity index (χ4n) is 2.81. The maximum atomic E-state index is 12.9. The van der Waals surface area contributed by atoms with Crippen molar-refractivity contribution < 1.29 is 50.1 Å². The molecule has 39 heavy (non-hydrogen) atoms. The Labute approximate surface area is 219 Å². The average Bonchev–Trinajstić information content (AvgIpc) is 2.96. The fourth-order valence-corrected chi connectivity index (χ4v) is 2.81. The fraction of sp³-hybridized carbons (Fsp3) is 0.333. The molecular weight excluding hydrogens is 541 g/mol. The zero-order valence-corrected chi connectivity index (χ0v) is 21.1. The van der Waals surface area contributed by atoms with E-state index in [-0.39, 0.29) is 30.0 Å². The molecule has 0 saturated heterocycles. The molecule has 216 valence electrons. The van der Waals surface area contributed by atoms with E-state index in [2.05, 4.69) is 29.7 Å². The van der Waals surface area contributed by atoms with Gasteiger partial charge in [0.25, 0.3) is 0 Å². The molecule has 0 aliphatic carbocycles. The summed E-state index contributed by atoms with van der Waals surface area (Å²) in [6.45, 7) is -6.69. The minimum atomic E-state index is -3.11. The van der Waals surface area contributed by atoms with E-state index in [1.165, 1.54) is 24.4 Å². The third-order valence-corrected chi connectivity index (χ3v) is 4.23. The second-order valence-corrected chi connectivity index (χ2v) is 6.56. The molecule has 0 bridgehead atoms. The Kier molecular flexibility index (Phi) is 18.0. The molecule has 1 amide bonds. The molecule has 15 heteroatoms. The van der Waals surface area contributed by atoms with Gasteiger partial charge in [-0.25, -0.2) is 9.97 Å². The quantitative estimate of drug-likeness (QED) is 0.342. The third kappa shape index (κ3) is 12.9. The smallest absolute Gasteiger partial charge is 0.388 e. The van der Waals surface area contributed by atoms with E-state index >= 15 is 0 Å². The van der Waals surface area contributed by atoms with Gasteiger partial charge in [-0.2, -0.15) is 17.6 Å². The van der Waals surface area contributed by atoms with Crippen molar-refractivity contribution in [3.8, 4) is 22.9 Å². The molecule has 3 rings (SSSR count). The van der Waals surface area contributed by atoms with Crippen LogP contribution in [-0.4, -0.2) is 67.3 Å². The second kappa shape index (κ2) is 20.0. The number of nitrogens with one attached hydrogen (secondary N) is 1. The van der Waals surface area contributed by atoms with Gasteiger partial charge in [-0.1, -0.05) is 6.07 Å². The Hall–Kier alpha value is -4.01. The number of halogens is 7. The molecule has 8 nitrogen and oxygen atoms in total. The molecule has 3 heterocycles. The molecule has 0 aliphatic heterocycles. The van der Waals surface area contributed by atoms with Crippen molar-refractivity contribution in [2.45, 2.75) is 26.2 Å². The van der Waals surface area contributed by atoms with Crippen molar-refractivity contribution in [3.63, 3.8) is 0 Å². The predicted molar refractivity (Wildman–Crippen MR) is 128 cm³/mol. The largest absolute Gasteiger partial charge is 0.432 e. The summed E-state index contributed by atoms with van der Waals surface area (Å²) < 4.78 is 88.0. The van der Waals surface area contributed by atoms with Crippen LogP contribution in [0.1, 0.15) is 17.0 Å². The number of carbonyl (C=O) groups excluding carboxylic acids is 1. The van der Waals surface area contributed by atoms with Crippen LogP contribution in [0.2, 0.25) is 0 Å². The molecule has 0 spiro atoms. The maximum Gasteiger partial charge on any atom is 0.388 e. The van der Waals surface area contributed by atoms with E-state index < -0.39 is 31.6 Å². The Bertz CT molecular complexity index is 1090. The molecule has 3 aromatic rings. The molecule has 0 aromatic carbocycles. The number of nitrogens with zero attached hydrogens (tertiary/aromatic N) is 3. The number of carbonyl (C=O) groups is 1. The van der Waals surface area contributed by atoms with Gasteiger partial charge in [0.2, 0.25) is 11.8 Å². The molecule has 0 aliphatic rings. The van der Waals surface area contributed by atoms with Crippen LogP contribution in [0, 0.1) is 0 Å². The van der Waals surface area contributed by atoms with E-state index in [9.17, 15) is 35.5 Å². The lowest BCUT2D eigenvalue weighted by Crippen LogP contribution is -2.25. The number of amides is 1. The minimum Gasteiger partial charge on any atom is -0.432 e. The first-order chi connectivity index (χ1) is 18.8. The average molecular weight is 568 g/mol. The molecule has 0 atom stereocenters. The second-order valence-electron chi connectivity index (χ2n) is 6.56. The van der Waals surface area contributed by atoms with Crippen LogP contribution in [0.3, 0.4) is 0 Å². The minimum absolute atomic E-state index is 0.00520. The van der Waals surface area contributed by atoms with Crippen molar-refractivity contribution >= 4 is 5.91 Å². The first-order valence-electron chi connectivity index (χ1n) is 10.6. The number of hydrogen-bond acceptors (Lipinski definition) is 7. The SMILES string of the molecule is CF.CF.CF.O=C(CO)NCc1ccc(Cc2ccc(OC(F)F)c(-c3ccnc(OC(F)F)c3)n2)cn1. The van der Waals surface area contributed by atoms with Gasteiger partial charge in [0.05, 0.1) is 33.8 Å². The Morgan fingerprint density at radius 3 is 2.10 bits per heavy atom. The molecular formula is C24H27F7N4O4. The monoisotopic (exact) mass is 568 g/mol. The third-order valence-electron chi connectivity index (χ3n) is 4.23. The summed E-state index contributed by atoms with van der Waals surface area (Å²) in [5, 5.41) is 11.2. The van der Waals surface area contributed by atoms with Crippen LogP contribution >= 0.6 is 0 Å². The number of alkyl halides is 7. The lowest BCUT2D eigenvalue weighted by molar-refractivity contribution is -0.124. The molecule has 0 radical (unpaired) electrons. The number of ether oxygens (including phenoxy) is 2. The molecule has 0 fully saturated rings. The van der Waals surface area contributed by atoms with Gasteiger partial charge in [0.15, 0.2) is 5.75 Å². The summed E-state index contributed by atoms with van der Waals surface area (Å²) in [5.74, 6) is -1.16. The van der Waals surface area contributed by atoms with Gasteiger partial charge in [0.1, 0.15) is 12.3 Å². The van der Waals surface area contributed by atoms with Gasteiger partial charge in [-0.15, -0.1) is 0 Å². The van der Waals surface area contributed by atoms with Crippen LogP contribution in [0.4, 0.5) is 30.7 Å². The number of aromatic nitrogens is 3. The standard InChI is InChI=1S/C21H18F4N4O4.3CH3F/c22-20(23)32-16-4-3-14(7-12-1-2-15(27-9-12)10-28-17(31)11-30)29-19(16)13-5-6-26-18(8-13)33-21(24)25;3*1-2/h1-6,8-9,20-21,30H,7,10-11H2,(H,28,31);3*1H3. The predicted octanol–water partition coefficient (Wildman–Crippen LogP) is 4.70. The number of aliphatic hydroxyl groups excluding tert-OH is 1. The van der Waals surface area contributed by atoms with Gasteiger partial charge >= 0.3 is 13.2 Å². The zero-order chi connectivity index (χ0) is 29.8. The Morgan fingerprint density at radius 2 is 1.54 bits per heavy atom. The van der Waals surface area contributed by atoms with E-state index in [4.69, 9.17) is 5.11 Å². The highest BCUT2D eigenvalue weighted by atomic mass is 19.3. The Balaban J connectivity index is 0.00000225. The van der Waals surface area contributed by atoms with E-state index in [0.717, 1.165) is 11.6 Å². The molecule has 2 N–H and O–H groups in total. The van der Waals surface area contributed by atoms with E-state index in [1.54, 1.807) is 18.3 Å². The first-order valence-corrected chi connectivity index (χ1v) is 10.6.